The minimum absolute atomic E-state index is 0.883. The van der Waals surface area contributed by atoms with Crippen LogP contribution in [0.3, 0.4) is 0 Å². The van der Waals surface area contributed by atoms with Crippen molar-refractivity contribution in [2.24, 2.45) is 0 Å². The van der Waals surface area contributed by atoms with Gasteiger partial charge in [-0.25, -0.2) is 0 Å². The lowest BCUT2D eigenvalue weighted by Gasteiger charge is -2.05. The fraction of sp³-hybridized carbons (Fsp3) is 0.357. The lowest BCUT2D eigenvalue weighted by Crippen LogP contribution is -2.10. The monoisotopic (exact) mass is 230 g/mol. The molecule has 0 amide bonds. The molecule has 0 spiro atoms. The Balaban J connectivity index is 2.33. The van der Waals surface area contributed by atoms with Crippen molar-refractivity contribution < 1.29 is 4.52 Å². The van der Waals surface area contributed by atoms with Crippen LogP contribution < -0.4 is 5.32 Å². The van der Waals surface area contributed by atoms with Crippen LogP contribution in [0.4, 0.5) is 0 Å². The number of nitrogens with zero attached hydrogens (tertiary/aromatic N) is 1. The third kappa shape index (κ3) is 2.56. The van der Waals surface area contributed by atoms with E-state index in [0.717, 1.165) is 30.0 Å². The molecule has 3 heteroatoms. The van der Waals surface area contributed by atoms with Crippen LogP contribution in [-0.2, 0) is 6.42 Å². The first-order valence-corrected chi connectivity index (χ1v) is 5.89. The molecule has 1 heterocycles. The second-order valence-electron chi connectivity index (χ2n) is 4.25. The van der Waals surface area contributed by atoms with E-state index in [9.17, 15) is 0 Å². The second kappa shape index (κ2) is 5.15. The lowest BCUT2D eigenvalue weighted by atomic mass is 10.0. The molecule has 0 aliphatic carbocycles. The highest BCUT2D eigenvalue weighted by Crippen LogP contribution is 2.27. The fourth-order valence-corrected chi connectivity index (χ4v) is 2.05. The second-order valence-corrected chi connectivity index (χ2v) is 4.25. The van der Waals surface area contributed by atoms with E-state index in [2.05, 4.69) is 34.7 Å². The molecule has 0 bridgehead atoms. The van der Waals surface area contributed by atoms with Crippen molar-refractivity contribution >= 4 is 0 Å². The van der Waals surface area contributed by atoms with Crippen molar-refractivity contribution in [2.75, 3.05) is 13.6 Å². The SMILES string of the molecule is CNCCc1cccc(-c2c(C)noc2C)c1. The molecule has 1 aromatic heterocycles. The van der Waals surface area contributed by atoms with E-state index in [0.29, 0.717) is 0 Å². The van der Waals surface area contributed by atoms with Crippen molar-refractivity contribution in [3.8, 4) is 11.1 Å². The first-order valence-electron chi connectivity index (χ1n) is 5.89. The molecule has 0 atom stereocenters. The van der Waals surface area contributed by atoms with Crippen molar-refractivity contribution in [2.45, 2.75) is 20.3 Å². The van der Waals surface area contributed by atoms with Gasteiger partial charge in [0.1, 0.15) is 5.76 Å². The van der Waals surface area contributed by atoms with Crippen LogP contribution in [0.1, 0.15) is 17.0 Å². The largest absolute Gasteiger partial charge is 0.361 e. The highest BCUT2D eigenvalue weighted by atomic mass is 16.5. The summed E-state index contributed by atoms with van der Waals surface area (Å²) < 4.78 is 5.21. The van der Waals surface area contributed by atoms with Gasteiger partial charge in [-0.15, -0.1) is 0 Å². The van der Waals surface area contributed by atoms with Crippen LogP contribution in [0.2, 0.25) is 0 Å². The third-order valence-corrected chi connectivity index (χ3v) is 2.91. The molecule has 0 unspecified atom stereocenters. The fourth-order valence-electron chi connectivity index (χ4n) is 2.05. The maximum atomic E-state index is 5.21. The number of benzene rings is 1. The Morgan fingerprint density at radius 3 is 2.76 bits per heavy atom. The lowest BCUT2D eigenvalue weighted by molar-refractivity contribution is 0.393. The number of likely N-dealkylation sites (N-methyl/N-ethyl adjacent to an activating group) is 1. The van der Waals surface area contributed by atoms with Gasteiger partial charge in [-0.05, 0) is 45.0 Å². The van der Waals surface area contributed by atoms with E-state index in [1.54, 1.807) is 0 Å². The van der Waals surface area contributed by atoms with Gasteiger partial charge < -0.3 is 9.84 Å². The molecule has 0 saturated heterocycles. The Kier molecular flexibility index (Phi) is 3.59. The van der Waals surface area contributed by atoms with Crippen molar-refractivity contribution in [3.05, 3.63) is 41.3 Å². The van der Waals surface area contributed by atoms with E-state index in [-0.39, 0.29) is 0 Å². The van der Waals surface area contributed by atoms with Gasteiger partial charge in [0.2, 0.25) is 0 Å². The summed E-state index contributed by atoms with van der Waals surface area (Å²) in [5.41, 5.74) is 4.59. The average Bonchev–Trinajstić information content (AvgIpc) is 2.67. The standard InChI is InChI=1S/C14H18N2O/c1-10-14(11(2)17-16-10)13-6-4-5-12(9-13)7-8-15-3/h4-6,9,15H,7-8H2,1-3H3. The molecule has 0 saturated carbocycles. The zero-order chi connectivity index (χ0) is 12.3. The molecule has 2 aromatic rings. The topological polar surface area (TPSA) is 38.1 Å². The highest BCUT2D eigenvalue weighted by Gasteiger charge is 2.11. The minimum Gasteiger partial charge on any atom is -0.361 e. The predicted molar refractivity (Wildman–Crippen MR) is 69.0 cm³/mol. The molecule has 17 heavy (non-hydrogen) atoms. The smallest absolute Gasteiger partial charge is 0.141 e. The summed E-state index contributed by atoms with van der Waals surface area (Å²) in [6.07, 6.45) is 1.04. The van der Waals surface area contributed by atoms with Gasteiger partial charge in [0, 0.05) is 5.56 Å². The molecule has 0 fully saturated rings. The van der Waals surface area contributed by atoms with Crippen LogP contribution in [0.5, 0.6) is 0 Å². The molecular weight excluding hydrogens is 212 g/mol. The zero-order valence-corrected chi connectivity index (χ0v) is 10.6. The van der Waals surface area contributed by atoms with Gasteiger partial charge in [-0.1, -0.05) is 29.4 Å². The summed E-state index contributed by atoms with van der Waals surface area (Å²) in [6.45, 7) is 4.92. The van der Waals surface area contributed by atoms with E-state index < -0.39 is 0 Å². The molecule has 0 aliphatic rings. The van der Waals surface area contributed by atoms with Crippen molar-refractivity contribution in [1.29, 1.82) is 0 Å². The molecular formula is C14H18N2O. The number of hydrogen-bond donors (Lipinski definition) is 1. The van der Waals surface area contributed by atoms with E-state index in [1.807, 2.05) is 20.9 Å². The maximum absolute atomic E-state index is 5.21. The number of hydrogen-bond acceptors (Lipinski definition) is 3. The van der Waals surface area contributed by atoms with Crippen molar-refractivity contribution in [1.82, 2.24) is 10.5 Å². The van der Waals surface area contributed by atoms with Crippen LogP contribution in [-0.4, -0.2) is 18.7 Å². The van der Waals surface area contributed by atoms with Gasteiger partial charge >= 0.3 is 0 Å². The number of aromatic nitrogens is 1. The third-order valence-electron chi connectivity index (χ3n) is 2.91. The van der Waals surface area contributed by atoms with Gasteiger partial charge in [-0.2, -0.15) is 0 Å². The Morgan fingerprint density at radius 2 is 2.12 bits per heavy atom. The number of rotatable bonds is 4. The van der Waals surface area contributed by atoms with E-state index in [1.165, 1.54) is 11.1 Å². The molecule has 1 N–H and O–H groups in total. The van der Waals surface area contributed by atoms with Crippen LogP contribution in [0.15, 0.2) is 28.8 Å². The van der Waals surface area contributed by atoms with E-state index in [4.69, 9.17) is 4.52 Å². The van der Waals surface area contributed by atoms with Crippen molar-refractivity contribution in [3.63, 3.8) is 0 Å². The van der Waals surface area contributed by atoms with Crippen LogP contribution in [0, 0.1) is 13.8 Å². The van der Waals surface area contributed by atoms with Gasteiger partial charge in [0.15, 0.2) is 0 Å². The molecule has 3 nitrogen and oxygen atoms in total. The number of nitrogens with one attached hydrogen (secondary N) is 1. The van der Waals surface area contributed by atoms with Crippen LogP contribution >= 0.6 is 0 Å². The van der Waals surface area contributed by atoms with Gasteiger partial charge in [-0.3, -0.25) is 0 Å². The Labute approximate surface area is 102 Å². The summed E-state index contributed by atoms with van der Waals surface area (Å²) in [6, 6.07) is 8.56. The Morgan fingerprint density at radius 1 is 1.29 bits per heavy atom. The Bertz CT molecular complexity index is 483. The highest BCUT2D eigenvalue weighted by molar-refractivity contribution is 5.68. The first kappa shape index (κ1) is 11.9. The van der Waals surface area contributed by atoms with Gasteiger partial charge in [0.25, 0.3) is 0 Å². The average molecular weight is 230 g/mol. The summed E-state index contributed by atoms with van der Waals surface area (Å²) in [4.78, 5) is 0. The molecule has 1 aromatic carbocycles. The van der Waals surface area contributed by atoms with E-state index >= 15 is 0 Å². The summed E-state index contributed by atoms with van der Waals surface area (Å²) >= 11 is 0. The Hall–Kier alpha value is -1.61. The summed E-state index contributed by atoms with van der Waals surface area (Å²) in [5, 5.41) is 7.16. The zero-order valence-electron chi connectivity index (χ0n) is 10.6. The minimum atomic E-state index is 0.883. The van der Waals surface area contributed by atoms with Gasteiger partial charge in [0.05, 0.1) is 5.69 Å². The molecule has 0 radical (unpaired) electrons. The number of aryl methyl sites for hydroxylation is 2. The normalized spacial score (nSPS) is 10.8. The van der Waals surface area contributed by atoms with Crippen LogP contribution in [0.25, 0.3) is 11.1 Å². The quantitative estimate of drug-likeness (QED) is 0.877. The summed E-state index contributed by atoms with van der Waals surface area (Å²) in [7, 11) is 1.97. The summed E-state index contributed by atoms with van der Waals surface area (Å²) in [5.74, 6) is 0.883. The molecule has 90 valence electrons. The maximum Gasteiger partial charge on any atom is 0.141 e. The predicted octanol–water partition coefficient (Wildman–Crippen LogP) is 2.72. The first-order chi connectivity index (χ1) is 8.22. The molecule has 2 rings (SSSR count). The molecule has 0 aliphatic heterocycles.